The van der Waals surface area contributed by atoms with Gasteiger partial charge in [0.1, 0.15) is 9.77 Å². The Morgan fingerprint density at radius 1 is 1.35 bits per heavy atom. The van der Waals surface area contributed by atoms with Crippen molar-refractivity contribution in [1.29, 1.82) is 0 Å². The Balaban J connectivity index is 2.32. The van der Waals surface area contributed by atoms with Crippen molar-refractivity contribution in [1.82, 2.24) is 9.21 Å². The number of hydrogen-bond acceptors (Lipinski definition) is 5. The molecule has 1 N–H and O–H groups in total. The molecule has 20 heavy (non-hydrogen) atoms. The summed E-state index contributed by atoms with van der Waals surface area (Å²) in [5, 5.41) is 8.95. The van der Waals surface area contributed by atoms with Gasteiger partial charge >= 0.3 is 5.97 Å². The molecule has 0 bridgehead atoms. The maximum Gasteiger partial charge on any atom is 0.345 e. The second-order valence-corrected chi connectivity index (χ2v) is 8.89. The number of sulfonamides is 1. The van der Waals surface area contributed by atoms with Crippen molar-refractivity contribution in [3.63, 3.8) is 0 Å². The predicted octanol–water partition coefficient (Wildman–Crippen LogP) is 1.53. The number of carbonyl (C=O) groups is 1. The molecule has 1 aliphatic rings. The Hall–Kier alpha value is -0.480. The van der Waals surface area contributed by atoms with Gasteiger partial charge in [0.05, 0.1) is 3.79 Å². The van der Waals surface area contributed by atoms with Crippen molar-refractivity contribution in [2.75, 3.05) is 33.2 Å². The van der Waals surface area contributed by atoms with E-state index in [2.05, 4.69) is 20.8 Å². The number of carboxylic acids is 1. The molecule has 112 valence electrons. The fourth-order valence-electron chi connectivity index (χ4n) is 2.04. The van der Waals surface area contributed by atoms with Gasteiger partial charge in [0.15, 0.2) is 0 Å². The number of likely N-dealkylation sites (N-methyl/N-ethyl adjacent to an activating group) is 1. The molecule has 1 aliphatic heterocycles. The molecule has 1 aromatic heterocycles. The highest BCUT2D eigenvalue weighted by Gasteiger charge is 2.30. The number of thiophene rings is 1. The number of rotatable bonds is 3. The van der Waals surface area contributed by atoms with E-state index in [1.54, 1.807) is 0 Å². The highest BCUT2D eigenvalue weighted by atomic mass is 79.9. The van der Waals surface area contributed by atoms with E-state index in [1.807, 2.05) is 7.05 Å². The first-order valence-corrected chi connectivity index (χ1v) is 9.08. The zero-order valence-corrected chi connectivity index (χ0v) is 14.1. The molecule has 0 aliphatic carbocycles. The third-order valence-corrected chi connectivity index (χ3v) is 7.30. The Kier molecular flexibility index (Phi) is 4.85. The number of hydrogen-bond donors (Lipinski definition) is 1. The summed E-state index contributed by atoms with van der Waals surface area (Å²) in [5.41, 5.74) is 0. The molecule has 2 rings (SSSR count). The van der Waals surface area contributed by atoms with Crippen LogP contribution < -0.4 is 0 Å². The Bertz CT molecular complexity index is 614. The Labute approximate surface area is 130 Å². The molecule has 2 heterocycles. The van der Waals surface area contributed by atoms with Crippen molar-refractivity contribution in [3.8, 4) is 0 Å². The van der Waals surface area contributed by atoms with E-state index < -0.39 is 16.0 Å². The summed E-state index contributed by atoms with van der Waals surface area (Å²) in [4.78, 5) is 13.1. The molecule has 0 radical (unpaired) electrons. The topological polar surface area (TPSA) is 77.9 Å². The van der Waals surface area contributed by atoms with E-state index in [0.717, 1.165) is 24.3 Å². The number of aromatic carboxylic acids is 1. The highest BCUT2D eigenvalue weighted by Crippen LogP contribution is 2.33. The van der Waals surface area contributed by atoms with Gasteiger partial charge in [-0.1, -0.05) is 0 Å². The minimum Gasteiger partial charge on any atom is -0.477 e. The lowest BCUT2D eigenvalue weighted by atomic mass is 10.4. The standard InChI is InChI=1S/C11H15BrN2O4S2/c1-13-3-2-4-14(6-5-13)20(17,18)9-7-8(11(15)16)19-10(9)12/h7H,2-6H2,1H3,(H,15,16). The smallest absolute Gasteiger partial charge is 0.345 e. The van der Waals surface area contributed by atoms with Gasteiger partial charge in [-0.25, -0.2) is 13.2 Å². The Morgan fingerprint density at radius 3 is 2.65 bits per heavy atom. The largest absolute Gasteiger partial charge is 0.477 e. The number of halogens is 1. The van der Waals surface area contributed by atoms with E-state index in [9.17, 15) is 13.2 Å². The molecule has 9 heteroatoms. The SMILES string of the molecule is CN1CCCN(S(=O)(=O)c2cc(C(=O)O)sc2Br)CC1. The molecular weight excluding hydrogens is 368 g/mol. The lowest BCUT2D eigenvalue weighted by molar-refractivity contribution is 0.0702. The third kappa shape index (κ3) is 3.22. The van der Waals surface area contributed by atoms with Crippen molar-refractivity contribution < 1.29 is 18.3 Å². The van der Waals surface area contributed by atoms with Gasteiger partial charge in [-0.3, -0.25) is 0 Å². The van der Waals surface area contributed by atoms with Gasteiger partial charge in [-0.15, -0.1) is 11.3 Å². The summed E-state index contributed by atoms with van der Waals surface area (Å²) < 4.78 is 27.0. The summed E-state index contributed by atoms with van der Waals surface area (Å²) in [6.45, 7) is 2.41. The minimum atomic E-state index is -3.65. The highest BCUT2D eigenvalue weighted by molar-refractivity contribution is 9.11. The molecular formula is C11H15BrN2O4S2. The van der Waals surface area contributed by atoms with Gasteiger partial charge in [0.2, 0.25) is 10.0 Å². The first kappa shape index (κ1) is 15.9. The van der Waals surface area contributed by atoms with Crippen LogP contribution in [0.1, 0.15) is 16.1 Å². The molecule has 1 aromatic rings. The zero-order chi connectivity index (χ0) is 14.9. The number of carboxylic acid groups (broad SMARTS) is 1. The molecule has 0 amide bonds. The first-order valence-electron chi connectivity index (χ1n) is 6.03. The predicted molar refractivity (Wildman–Crippen MR) is 79.9 cm³/mol. The van der Waals surface area contributed by atoms with Crippen molar-refractivity contribution in [3.05, 3.63) is 14.7 Å². The van der Waals surface area contributed by atoms with E-state index in [-0.39, 0.29) is 9.77 Å². The van der Waals surface area contributed by atoms with Crippen LogP contribution in [0.3, 0.4) is 0 Å². The average Bonchev–Trinajstić information content (AvgIpc) is 2.62. The van der Waals surface area contributed by atoms with Gasteiger partial charge in [-0.2, -0.15) is 4.31 Å². The van der Waals surface area contributed by atoms with Gasteiger partial charge in [0.25, 0.3) is 0 Å². The Morgan fingerprint density at radius 2 is 2.05 bits per heavy atom. The second-order valence-electron chi connectivity index (χ2n) is 4.61. The second kappa shape index (κ2) is 6.10. The van der Waals surface area contributed by atoms with Crippen molar-refractivity contribution in [2.45, 2.75) is 11.3 Å². The quantitative estimate of drug-likeness (QED) is 0.857. The summed E-state index contributed by atoms with van der Waals surface area (Å²) in [6.07, 6.45) is 0.767. The molecule has 0 unspecified atom stereocenters. The van der Waals surface area contributed by atoms with Crippen LogP contribution in [0.4, 0.5) is 0 Å². The van der Waals surface area contributed by atoms with Gasteiger partial charge in [0, 0.05) is 19.6 Å². The molecule has 6 nitrogen and oxygen atoms in total. The van der Waals surface area contributed by atoms with Crippen LogP contribution in [0.15, 0.2) is 14.7 Å². The summed E-state index contributed by atoms with van der Waals surface area (Å²) in [5.74, 6) is -1.12. The summed E-state index contributed by atoms with van der Waals surface area (Å²) in [7, 11) is -1.69. The van der Waals surface area contributed by atoms with Crippen molar-refractivity contribution in [2.24, 2.45) is 0 Å². The lowest BCUT2D eigenvalue weighted by Gasteiger charge is -2.19. The number of nitrogens with zero attached hydrogens (tertiary/aromatic N) is 2. The summed E-state index contributed by atoms with van der Waals surface area (Å²) in [6, 6.07) is 1.22. The van der Waals surface area contributed by atoms with Crippen LogP contribution >= 0.6 is 27.3 Å². The monoisotopic (exact) mass is 382 g/mol. The average molecular weight is 383 g/mol. The van der Waals surface area contributed by atoms with Crippen LogP contribution in [0, 0.1) is 0 Å². The fraction of sp³-hybridized carbons (Fsp3) is 0.545. The molecule has 0 aromatic carbocycles. The van der Waals surface area contributed by atoms with E-state index >= 15 is 0 Å². The molecule has 1 saturated heterocycles. The molecule has 1 fully saturated rings. The van der Waals surface area contributed by atoms with Crippen LogP contribution in [0.2, 0.25) is 0 Å². The van der Waals surface area contributed by atoms with Gasteiger partial charge in [-0.05, 0) is 42.0 Å². The maximum atomic E-state index is 12.6. The van der Waals surface area contributed by atoms with E-state index in [0.29, 0.717) is 23.4 Å². The lowest BCUT2D eigenvalue weighted by Crippen LogP contribution is -2.34. The maximum absolute atomic E-state index is 12.6. The third-order valence-electron chi connectivity index (χ3n) is 3.16. The molecule has 0 saturated carbocycles. The van der Waals surface area contributed by atoms with Crippen LogP contribution in [0.25, 0.3) is 0 Å². The van der Waals surface area contributed by atoms with Crippen LogP contribution in [-0.4, -0.2) is 61.9 Å². The minimum absolute atomic E-state index is 0.0161. The fourth-order valence-corrected chi connectivity index (χ4v) is 5.86. The molecule has 0 spiro atoms. The van der Waals surface area contributed by atoms with Crippen LogP contribution in [-0.2, 0) is 10.0 Å². The van der Waals surface area contributed by atoms with Crippen molar-refractivity contribution >= 4 is 43.3 Å². The zero-order valence-electron chi connectivity index (χ0n) is 10.9. The van der Waals surface area contributed by atoms with Gasteiger partial charge < -0.3 is 10.0 Å². The summed E-state index contributed by atoms with van der Waals surface area (Å²) >= 11 is 4.08. The van der Waals surface area contributed by atoms with Crippen LogP contribution in [0.5, 0.6) is 0 Å². The van der Waals surface area contributed by atoms with E-state index in [1.165, 1.54) is 10.4 Å². The molecule has 0 atom stereocenters. The normalized spacial score (nSPS) is 18.9. The first-order chi connectivity index (χ1) is 9.32. The van der Waals surface area contributed by atoms with E-state index in [4.69, 9.17) is 5.11 Å².